The summed E-state index contributed by atoms with van der Waals surface area (Å²) in [7, 11) is 0. The van der Waals surface area contributed by atoms with Gasteiger partial charge in [-0.3, -0.25) is 0 Å². The number of amides is 2. The first kappa shape index (κ1) is 57.0. The Morgan fingerprint density at radius 1 is 0.654 bits per heavy atom. The molecule has 2 atom stereocenters. The number of ether oxygens (including phenoxy) is 2. The van der Waals surface area contributed by atoms with E-state index >= 15 is 0 Å². The molecule has 0 aliphatic carbocycles. The van der Waals surface area contributed by atoms with E-state index in [2.05, 4.69) is 95.2 Å². The van der Waals surface area contributed by atoms with Crippen LogP contribution in [0.25, 0.3) is 72.3 Å². The zero-order valence-corrected chi connectivity index (χ0v) is 48.1. The van der Waals surface area contributed by atoms with Crippen LogP contribution in [0.5, 0.6) is 0 Å². The van der Waals surface area contributed by atoms with Crippen LogP contribution in [0.15, 0.2) is 113 Å². The third-order valence-electron chi connectivity index (χ3n) is 13.9. The van der Waals surface area contributed by atoms with Crippen molar-refractivity contribution in [3.05, 3.63) is 127 Å². The molecule has 0 unspecified atom stereocenters. The van der Waals surface area contributed by atoms with Gasteiger partial charge in [0, 0.05) is 107 Å². The number of para-hydroxylation sites is 1. The number of hydrogen-bond acceptors (Lipinski definition) is 16. The molecule has 11 rings (SSSR count). The molecular weight excluding hydrogens is 1050 g/mol. The van der Waals surface area contributed by atoms with Crippen LogP contribution in [-0.4, -0.2) is 120 Å². The fourth-order valence-electron chi connectivity index (χ4n) is 10.1. The number of nitrogens with zero attached hydrogens (tertiary/aromatic N) is 9. The Kier molecular flexibility index (Phi) is 17.1. The van der Waals surface area contributed by atoms with Crippen LogP contribution >= 0.6 is 0 Å². The smallest absolute Gasteiger partial charge is 0.410 e. The van der Waals surface area contributed by atoms with Gasteiger partial charge >= 0.3 is 23.8 Å². The topological polar surface area (TPSA) is 242 Å². The number of aromatic nitrogens is 8. The summed E-state index contributed by atoms with van der Waals surface area (Å²) in [4.78, 5) is 51.2. The molecule has 21 heteroatoms. The highest BCUT2D eigenvalue weighted by Crippen LogP contribution is 2.38. The van der Waals surface area contributed by atoms with E-state index in [0.717, 1.165) is 120 Å². The van der Waals surface area contributed by atoms with Crippen LogP contribution in [0, 0.1) is 27.7 Å². The van der Waals surface area contributed by atoms with Crippen molar-refractivity contribution in [3.63, 3.8) is 0 Å². The molecule has 2 aliphatic rings. The van der Waals surface area contributed by atoms with Gasteiger partial charge in [0.2, 0.25) is 11.9 Å². The summed E-state index contributed by atoms with van der Waals surface area (Å²) in [6, 6.07) is 23.1. The zero-order chi connectivity index (χ0) is 57.6. The molecule has 9 aromatic rings. The van der Waals surface area contributed by atoms with Crippen molar-refractivity contribution in [2.75, 3.05) is 36.8 Å². The van der Waals surface area contributed by atoms with Crippen molar-refractivity contribution in [2.45, 2.75) is 118 Å². The lowest BCUT2D eigenvalue weighted by atomic mass is 10.0. The Morgan fingerprint density at radius 2 is 1.15 bits per heavy atom. The Bertz CT molecular complexity index is 3720. The lowest BCUT2D eigenvalue weighted by Gasteiger charge is -2.34. The van der Waals surface area contributed by atoms with E-state index in [1.165, 1.54) is 0 Å². The molecular formula is C60H68N12O8S. The minimum atomic E-state index is -0.750. The van der Waals surface area contributed by atoms with Crippen LogP contribution in [0.3, 0.4) is 0 Å². The first-order valence-electron chi connectivity index (χ1n) is 27.0. The molecule has 81 heavy (non-hydrogen) atoms. The highest BCUT2D eigenvalue weighted by atomic mass is 32.1. The van der Waals surface area contributed by atoms with Crippen molar-refractivity contribution < 1.29 is 36.5 Å². The molecule has 2 amide bonds. The molecule has 8 heterocycles. The van der Waals surface area contributed by atoms with Gasteiger partial charge in [-0.05, 0) is 141 Å². The van der Waals surface area contributed by atoms with Gasteiger partial charge in [0.15, 0.2) is 0 Å². The number of anilines is 2. The Labute approximate surface area is 473 Å². The summed E-state index contributed by atoms with van der Waals surface area (Å²) >= 11 is -0.750. The summed E-state index contributed by atoms with van der Waals surface area (Å²) in [5.74, 6) is 1.10. The second-order valence-electron chi connectivity index (χ2n) is 22.4. The van der Waals surface area contributed by atoms with Crippen molar-refractivity contribution in [1.29, 1.82) is 0 Å². The number of fused-ring (bicyclic) bond motifs is 2. The van der Waals surface area contributed by atoms with Gasteiger partial charge in [-0.1, -0.05) is 52.8 Å². The molecule has 3 N–H and O–H groups in total. The van der Waals surface area contributed by atoms with Crippen LogP contribution in [-0.2, 0) is 21.0 Å². The number of likely N-dealkylation sites (tertiary alicyclic amines) is 2. The average Bonchev–Trinajstić information content (AvgIpc) is 4.29. The quantitative estimate of drug-likeness (QED) is 0.122. The molecule has 422 valence electrons. The SMILES string of the molecule is Cc1cnc(N[C@H]2CCCN(C(=O)OC(C)(C)C)C2)nc1-c1c[nH]c2cc(-c3conc3C)ccc12.Cc1cnc(N[C@H]2CCCN(C(=O)OC(C)(C)C)C2)nc1-c1cn(-c2ccccc2)c2cc(-c3conc3C)ccc12.O=S=O. The molecule has 2 aliphatic heterocycles. The number of aromatic amines is 1. The van der Waals surface area contributed by atoms with E-state index in [4.69, 9.17) is 36.9 Å². The van der Waals surface area contributed by atoms with Crippen LogP contribution in [0.2, 0.25) is 0 Å². The molecule has 2 fully saturated rings. The maximum Gasteiger partial charge on any atom is 0.410 e. The number of nitrogens with one attached hydrogen (secondary N) is 3. The number of benzene rings is 3. The largest absolute Gasteiger partial charge is 0.444 e. The van der Waals surface area contributed by atoms with E-state index in [-0.39, 0.29) is 24.3 Å². The molecule has 2 saturated heterocycles. The zero-order valence-electron chi connectivity index (χ0n) is 47.3. The Hall–Kier alpha value is -8.72. The monoisotopic (exact) mass is 1120 g/mol. The standard InChI is InChI=1S/C33H36N6O3.C27H32N6O3.O2S/c1-21-17-34-31(35-24-10-9-15-38(18-24)32(40)42-33(3,4)5)36-30(21)27-19-39(25-11-7-6-8-12-25)29-16-23(13-14-26(27)29)28-20-41-37-22(28)2;1-16-12-29-25(30-19-7-6-10-33(14-19)26(34)36-27(3,4)5)31-24(16)21-13-28-23-11-18(8-9-20(21)23)22-15-35-32-17(22)2;1-3-2/h6-8,11-14,16-17,19-20,24H,9-10,15,18H2,1-5H3,(H,34,35,36);8-9,11-13,15,19,28H,6-7,10,14H2,1-5H3,(H,29,30,31);/t24-;19-;/m00./s1. The fourth-order valence-corrected chi connectivity index (χ4v) is 10.1. The molecule has 6 aromatic heterocycles. The molecule has 0 saturated carbocycles. The first-order chi connectivity index (χ1) is 38.7. The van der Waals surface area contributed by atoms with Crippen molar-refractivity contribution in [3.8, 4) is 50.5 Å². The average molecular weight is 1120 g/mol. The summed E-state index contributed by atoms with van der Waals surface area (Å²) in [5.41, 5.74) is 13.5. The van der Waals surface area contributed by atoms with E-state index in [1.807, 2.05) is 106 Å². The Balaban J connectivity index is 0.000000189. The van der Waals surface area contributed by atoms with Gasteiger partial charge in [-0.15, -0.1) is 0 Å². The lowest BCUT2D eigenvalue weighted by Crippen LogP contribution is -2.47. The van der Waals surface area contributed by atoms with Gasteiger partial charge in [0.1, 0.15) is 23.7 Å². The number of carbonyl (C=O) groups is 2. The van der Waals surface area contributed by atoms with Crippen LogP contribution in [0.4, 0.5) is 21.5 Å². The molecule has 0 radical (unpaired) electrons. The summed E-state index contributed by atoms with van der Waals surface area (Å²) in [6.07, 6.45) is 14.3. The summed E-state index contributed by atoms with van der Waals surface area (Å²) in [5, 5.41) is 17.1. The molecule has 3 aromatic carbocycles. The molecule has 0 spiro atoms. The number of rotatable bonds is 9. The second-order valence-corrected chi connectivity index (χ2v) is 22.5. The minimum Gasteiger partial charge on any atom is -0.444 e. The van der Waals surface area contributed by atoms with Gasteiger partial charge in [0.25, 0.3) is 0 Å². The highest BCUT2D eigenvalue weighted by Gasteiger charge is 2.30. The normalized spacial score (nSPS) is 15.5. The number of piperidine rings is 2. The Morgan fingerprint density at radius 3 is 1.64 bits per heavy atom. The van der Waals surface area contributed by atoms with Crippen LogP contribution in [0.1, 0.15) is 89.7 Å². The van der Waals surface area contributed by atoms with E-state index in [0.29, 0.717) is 38.1 Å². The highest BCUT2D eigenvalue weighted by molar-refractivity contribution is 7.51. The van der Waals surface area contributed by atoms with Crippen molar-refractivity contribution in [2.24, 2.45) is 0 Å². The predicted molar refractivity (Wildman–Crippen MR) is 311 cm³/mol. The molecule has 20 nitrogen and oxygen atoms in total. The third kappa shape index (κ3) is 13.7. The maximum absolute atomic E-state index is 12.7. The minimum absolute atomic E-state index is 0.0295. The van der Waals surface area contributed by atoms with Gasteiger partial charge in [-0.2, -0.15) is 8.42 Å². The van der Waals surface area contributed by atoms with Gasteiger partial charge in [0.05, 0.1) is 28.3 Å². The number of hydrogen-bond donors (Lipinski definition) is 3. The van der Waals surface area contributed by atoms with Crippen molar-refractivity contribution in [1.82, 2.24) is 49.6 Å². The van der Waals surface area contributed by atoms with Crippen molar-refractivity contribution >= 4 is 57.5 Å². The predicted octanol–water partition coefficient (Wildman–Crippen LogP) is 12.2. The van der Waals surface area contributed by atoms with Crippen LogP contribution < -0.4 is 10.6 Å². The lowest BCUT2D eigenvalue weighted by molar-refractivity contribution is 0.0196. The van der Waals surface area contributed by atoms with Gasteiger partial charge in [-0.25, -0.2) is 29.5 Å². The van der Waals surface area contributed by atoms with E-state index in [9.17, 15) is 9.59 Å². The summed E-state index contributed by atoms with van der Waals surface area (Å²) < 4.78 is 40.3. The number of H-pyrrole nitrogens is 1. The molecule has 0 bridgehead atoms. The van der Waals surface area contributed by atoms with E-state index in [1.54, 1.807) is 22.3 Å². The third-order valence-corrected chi connectivity index (χ3v) is 13.9. The first-order valence-corrected chi connectivity index (χ1v) is 27.7. The maximum atomic E-state index is 12.7. The second kappa shape index (κ2) is 24.3. The van der Waals surface area contributed by atoms with E-state index < -0.39 is 22.8 Å². The summed E-state index contributed by atoms with van der Waals surface area (Å²) in [6.45, 7) is 21.7. The number of aryl methyl sites for hydroxylation is 4. The fraction of sp³-hybridized carbons (Fsp3) is 0.367. The van der Waals surface area contributed by atoms with Gasteiger partial charge < -0.3 is 48.5 Å². The number of carbonyl (C=O) groups excluding carboxylic acids is 2.